The van der Waals surface area contributed by atoms with Crippen molar-refractivity contribution in [3.8, 4) is 0 Å². The minimum atomic E-state index is -2.98. The third kappa shape index (κ3) is 8.51. The molecule has 86 valence electrons. The first-order valence-corrected chi connectivity index (χ1v) is 7.25. The maximum absolute atomic E-state index is 11.4. The number of sulfonamides is 1. The molecule has 0 rings (SSSR count). The number of rotatable bonds is 9. The molecule has 0 spiro atoms. The van der Waals surface area contributed by atoms with Crippen LogP contribution in [0.15, 0.2) is 0 Å². The molecule has 3 nitrogen and oxygen atoms in total. The van der Waals surface area contributed by atoms with E-state index in [0.29, 0.717) is 6.54 Å². The Morgan fingerprint density at radius 2 is 1.57 bits per heavy atom. The van der Waals surface area contributed by atoms with E-state index in [4.69, 9.17) is 0 Å². The minimum absolute atomic E-state index is 0.288. The summed E-state index contributed by atoms with van der Waals surface area (Å²) < 4.78 is 25.3. The van der Waals surface area contributed by atoms with Crippen LogP contribution in [0.2, 0.25) is 0 Å². The summed E-state index contributed by atoms with van der Waals surface area (Å²) in [7, 11) is -2.98. The first-order valence-electron chi connectivity index (χ1n) is 5.59. The summed E-state index contributed by atoms with van der Waals surface area (Å²) in [5.74, 6) is 0.288. The van der Waals surface area contributed by atoms with Gasteiger partial charge >= 0.3 is 0 Å². The monoisotopic (exact) mass is 221 g/mol. The maximum Gasteiger partial charge on any atom is 0.211 e. The highest BCUT2D eigenvalue weighted by molar-refractivity contribution is 7.89. The van der Waals surface area contributed by atoms with Crippen LogP contribution in [0.1, 0.15) is 52.4 Å². The van der Waals surface area contributed by atoms with Crippen LogP contribution in [0, 0.1) is 0 Å². The molecular formula is C10H23NO2S. The molecule has 1 N–H and O–H groups in total. The van der Waals surface area contributed by atoms with Crippen molar-refractivity contribution < 1.29 is 8.42 Å². The lowest BCUT2D eigenvalue weighted by Crippen LogP contribution is -2.27. The Bertz CT molecular complexity index is 212. The number of hydrogen-bond acceptors (Lipinski definition) is 2. The molecule has 0 aromatic carbocycles. The van der Waals surface area contributed by atoms with Crippen molar-refractivity contribution in [2.75, 3.05) is 12.3 Å². The van der Waals surface area contributed by atoms with Gasteiger partial charge in [-0.25, -0.2) is 13.1 Å². The maximum atomic E-state index is 11.4. The molecule has 0 aliphatic heterocycles. The second-order valence-electron chi connectivity index (χ2n) is 3.63. The zero-order valence-electron chi connectivity index (χ0n) is 9.38. The van der Waals surface area contributed by atoms with Crippen LogP contribution in [0.4, 0.5) is 0 Å². The molecule has 0 aromatic rings. The van der Waals surface area contributed by atoms with Gasteiger partial charge in [0.15, 0.2) is 0 Å². The van der Waals surface area contributed by atoms with Crippen molar-refractivity contribution in [3.63, 3.8) is 0 Å². The fraction of sp³-hybridized carbons (Fsp3) is 1.00. The summed E-state index contributed by atoms with van der Waals surface area (Å²) in [5.41, 5.74) is 0. The molecule has 0 aliphatic carbocycles. The molecule has 0 amide bonds. The predicted molar refractivity (Wildman–Crippen MR) is 60.8 cm³/mol. The van der Waals surface area contributed by atoms with Gasteiger partial charge in [0.1, 0.15) is 0 Å². The largest absolute Gasteiger partial charge is 0.215 e. The Hall–Kier alpha value is -0.0900. The van der Waals surface area contributed by atoms with E-state index in [0.717, 1.165) is 38.5 Å². The summed E-state index contributed by atoms with van der Waals surface area (Å²) in [6.45, 7) is 4.76. The van der Waals surface area contributed by atoms with Crippen LogP contribution in [0.3, 0.4) is 0 Å². The van der Waals surface area contributed by atoms with Crippen LogP contribution in [-0.4, -0.2) is 20.7 Å². The van der Waals surface area contributed by atoms with E-state index in [-0.39, 0.29) is 5.75 Å². The van der Waals surface area contributed by atoms with E-state index < -0.39 is 10.0 Å². The van der Waals surface area contributed by atoms with Crippen LogP contribution in [0.5, 0.6) is 0 Å². The fourth-order valence-electron chi connectivity index (χ4n) is 1.20. The first kappa shape index (κ1) is 13.9. The highest BCUT2D eigenvalue weighted by Crippen LogP contribution is 2.01. The van der Waals surface area contributed by atoms with Crippen molar-refractivity contribution in [3.05, 3.63) is 0 Å². The molecule has 4 heteroatoms. The average molecular weight is 221 g/mol. The van der Waals surface area contributed by atoms with E-state index in [9.17, 15) is 8.42 Å². The summed E-state index contributed by atoms with van der Waals surface area (Å²) >= 11 is 0. The Balaban J connectivity index is 3.52. The molecule has 0 heterocycles. The lowest BCUT2D eigenvalue weighted by atomic mass is 10.2. The van der Waals surface area contributed by atoms with E-state index >= 15 is 0 Å². The molecule has 0 saturated carbocycles. The van der Waals surface area contributed by atoms with E-state index in [1.54, 1.807) is 0 Å². The smallest absolute Gasteiger partial charge is 0.211 e. The first-order chi connectivity index (χ1) is 6.62. The molecule has 0 aliphatic rings. The summed E-state index contributed by atoms with van der Waals surface area (Å²) in [6, 6.07) is 0. The lowest BCUT2D eigenvalue weighted by Gasteiger charge is -2.05. The third-order valence-electron chi connectivity index (χ3n) is 2.12. The van der Waals surface area contributed by atoms with Gasteiger partial charge < -0.3 is 0 Å². The standard InChI is InChI=1S/C10H23NO2S/c1-3-5-7-8-10-14(12,13)11-9-6-4-2/h11H,3-10H2,1-2H3. The van der Waals surface area contributed by atoms with Gasteiger partial charge in [-0.05, 0) is 12.8 Å². The quantitative estimate of drug-likeness (QED) is 0.607. The topological polar surface area (TPSA) is 46.2 Å². The lowest BCUT2D eigenvalue weighted by molar-refractivity contribution is 0.572. The summed E-state index contributed by atoms with van der Waals surface area (Å²) in [4.78, 5) is 0. The van der Waals surface area contributed by atoms with Gasteiger partial charge in [0.05, 0.1) is 5.75 Å². The predicted octanol–water partition coefficient (Wildman–Crippen LogP) is 2.29. The molecule has 0 bridgehead atoms. The normalized spacial score (nSPS) is 11.9. The van der Waals surface area contributed by atoms with Crippen molar-refractivity contribution in [2.45, 2.75) is 52.4 Å². The van der Waals surface area contributed by atoms with Crippen molar-refractivity contribution in [2.24, 2.45) is 0 Å². The SMILES string of the molecule is CCCCCCS(=O)(=O)NCCCC. The number of nitrogens with one attached hydrogen (secondary N) is 1. The van der Waals surface area contributed by atoms with Crippen molar-refractivity contribution >= 4 is 10.0 Å². The second kappa shape index (κ2) is 8.24. The molecule has 0 saturated heterocycles. The van der Waals surface area contributed by atoms with Gasteiger partial charge in [-0.15, -0.1) is 0 Å². The molecule has 0 radical (unpaired) electrons. The van der Waals surface area contributed by atoms with Gasteiger partial charge in [0.2, 0.25) is 10.0 Å². The fourth-order valence-corrected chi connectivity index (χ4v) is 2.38. The highest BCUT2D eigenvalue weighted by atomic mass is 32.2. The van der Waals surface area contributed by atoms with E-state index in [1.165, 1.54) is 0 Å². The van der Waals surface area contributed by atoms with E-state index in [1.807, 2.05) is 0 Å². The minimum Gasteiger partial charge on any atom is -0.215 e. The van der Waals surface area contributed by atoms with Crippen LogP contribution in [0.25, 0.3) is 0 Å². The molecule has 0 unspecified atom stereocenters. The average Bonchev–Trinajstić information content (AvgIpc) is 2.13. The zero-order chi connectivity index (χ0) is 10.9. The van der Waals surface area contributed by atoms with Gasteiger partial charge in [-0.3, -0.25) is 0 Å². The van der Waals surface area contributed by atoms with Crippen molar-refractivity contribution in [1.82, 2.24) is 4.72 Å². The Labute approximate surface area is 88.3 Å². The zero-order valence-corrected chi connectivity index (χ0v) is 10.2. The molecule has 0 aromatic heterocycles. The molecular weight excluding hydrogens is 198 g/mol. The highest BCUT2D eigenvalue weighted by Gasteiger charge is 2.07. The van der Waals surface area contributed by atoms with Crippen LogP contribution < -0.4 is 4.72 Å². The Kier molecular flexibility index (Phi) is 8.18. The molecule has 0 fully saturated rings. The molecule has 0 atom stereocenters. The Morgan fingerprint density at radius 3 is 2.14 bits per heavy atom. The molecule has 14 heavy (non-hydrogen) atoms. The van der Waals surface area contributed by atoms with Gasteiger partial charge in [0, 0.05) is 6.54 Å². The Morgan fingerprint density at radius 1 is 0.929 bits per heavy atom. The van der Waals surface area contributed by atoms with Crippen molar-refractivity contribution in [1.29, 1.82) is 0 Å². The number of hydrogen-bond donors (Lipinski definition) is 1. The van der Waals surface area contributed by atoms with Gasteiger partial charge in [-0.2, -0.15) is 0 Å². The second-order valence-corrected chi connectivity index (χ2v) is 5.55. The van der Waals surface area contributed by atoms with Gasteiger partial charge in [0.25, 0.3) is 0 Å². The van der Waals surface area contributed by atoms with Crippen LogP contribution >= 0.6 is 0 Å². The van der Waals surface area contributed by atoms with E-state index in [2.05, 4.69) is 18.6 Å². The van der Waals surface area contributed by atoms with Gasteiger partial charge in [-0.1, -0.05) is 39.5 Å². The summed E-state index contributed by atoms with van der Waals surface area (Å²) in [5, 5.41) is 0. The third-order valence-corrected chi connectivity index (χ3v) is 3.59. The summed E-state index contributed by atoms with van der Waals surface area (Å²) in [6.07, 6.45) is 6.03. The number of unbranched alkanes of at least 4 members (excludes halogenated alkanes) is 4. The van der Waals surface area contributed by atoms with Crippen LogP contribution in [-0.2, 0) is 10.0 Å².